The van der Waals surface area contributed by atoms with Crippen molar-refractivity contribution in [1.82, 2.24) is 0 Å². The molecule has 0 fully saturated rings. The molecule has 74 valence electrons. The van der Waals surface area contributed by atoms with Gasteiger partial charge < -0.3 is 4.74 Å². The van der Waals surface area contributed by atoms with E-state index in [-0.39, 0.29) is 0 Å². The summed E-state index contributed by atoms with van der Waals surface area (Å²) in [5.41, 5.74) is 2.46. The van der Waals surface area contributed by atoms with Crippen molar-refractivity contribution in [3.8, 4) is 5.75 Å². The molecule has 1 nitrogen and oxygen atoms in total. The molecule has 1 aromatic carbocycles. The number of ether oxygens (including phenoxy) is 1. The number of allylic oxidation sites excluding steroid dienone is 2. The number of hydrogen-bond acceptors (Lipinski definition) is 1. The van der Waals surface area contributed by atoms with Crippen molar-refractivity contribution in [2.75, 3.05) is 6.61 Å². The van der Waals surface area contributed by atoms with Crippen LogP contribution in [0, 0.1) is 13.8 Å². The van der Waals surface area contributed by atoms with E-state index in [9.17, 15) is 0 Å². The first kappa shape index (κ1) is 10.6. The summed E-state index contributed by atoms with van der Waals surface area (Å²) in [4.78, 5) is 0. The Morgan fingerprint density at radius 1 is 1.21 bits per heavy atom. The molecule has 0 heterocycles. The van der Waals surface area contributed by atoms with Crippen LogP contribution in [0.1, 0.15) is 11.1 Å². The molecule has 0 aliphatic heterocycles. The van der Waals surface area contributed by atoms with Crippen molar-refractivity contribution in [3.05, 3.63) is 54.1 Å². The molecule has 1 heteroatoms. The first-order valence-corrected chi connectivity index (χ1v) is 4.71. The zero-order valence-corrected chi connectivity index (χ0v) is 8.79. The Balaban J connectivity index is 2.58. The molecule has 0 radical (unpaired) electrons. The molecule has 0 amide bonds. The van der Waals surface area contributed by atoms with Crippen molar-refractivity contribution in [1.29, 1.82) is 0 Å². The summed E-state index contributed by atoms with van der Waals surface area (Å²) in [5.74, 6) is 0.927. The van der Waals surface area contributed by atoms with Gasteiger partial charge in [-0.1, -0.05) is 24.8 Å². The largest absolute Gasteiger partial charge is 0.490 e. The van der Waals surface area contributed by atoms with E-state index < -0.39 is 0 Å². The Kier molecular flexibility index (Phi) is 3.99. The van der Waals surface area contributed by atoms with Gasteiger partial charge in [-0.3, -0.25) is 0 Å². The molecule has 0 aromatic heterocycles. The Morgan fingerprint density at radius 2 is 1.86 bits per heavy atom. The normalized spacial score (nSPS) is 10.4. The van der Waals surface area contributed by atoms with Crippen molar-refractivity contribution in [2.24, 2.45) is 0 Å². The fourth-order valence-corrected chi connectivity index (χ4v) is 1.31. The smallest absolute Gasteiger partial charge is 0.120 e. The van der Waals surface area contributed by atoms with Crippen LogP contribution in [0.3, 0.4) is 0 Å². The summed E-state index contributed by atoms with van der Waals surface area (Å²) < 4.78 is 5.54. The summed E-state index contributed by atoms with van der Waals surface area (Å²) in [6, 6.07) is 6.20. The molecular weight excluding hydrogens is 172 g/mol. The molecule has 0 bridgehead atoms. The van der Waals surface area contributed by atoms with Gasteiger partial charge in [-0.2, -0.15) is 0 Å². The third-order valence-corrected chi connectivity index (χ3v) is 1.81. The van der Waals surface area contributed by atoms with Gasteiger partial charge in [0, 0.05) is 0 Å². The van der Waals surface area contributed by atoms with E-state index in [4.69, 9.17) is 4.74 Å². The highest BCUT2D eigenvalue weighted by Gasteiger charge is 1.94. The van der Waals surface area contributed by atoms with Gasteiger partial charge in [0.2, 0.25) is 0 Å². The monoisotopic (exact) mass is 188 g/mol. The average Bonchev–Trinajstić information content (AvgIpc) is 2.11. The van der Waals surface area contributed by atoms with E-state index in [1.54, 1.807) is 6.08 Å². The standard InChI is InChI=1S/C13H16O/c1-4-5-6-7-14-13-9-11(2)8-12(3)10-13/h4-6,8-10H,1,7H2,2-3H3/b6-5+. The molecule has 0 unspecified atom stereocenters. The summed E-state index contributed by atoms with van der Waals surface area (Å²) in [6.07, 6.45) is 5.55. The highest BCUT2D eigenvalue weighted by molar-refractivity contribution is 5.33. The summed E-state index contributed by atoms with van der Waals surface area (Å²) >= 11 is 0. The molecule has 0 atom stereocenters. The van der Waals surface area contributed by atoms with Gasteiger partial charge in [0.1, 0.15) is 12.4 Å². The van der Waals surface area contributed by atoms with E-state index in [1.165, 1.54) is 11.1 Å². The molecule has 1 rings (SSSR count). The van der Waals surface area contributed by atoms with Crippen LogP contribution in [0.5, 0.6) is 5.75 Å². The number of aryl methyl sites for hydroxylation is 2. The quantitative estimate of drug-likeness (QED) is 0.658. The van der Waals surface area contributed by atoms with Crippen LogP contribution in [0.25, 0.3) is 0 Å². The van der Waals surface area contributed by atoms with E-state index in [0.717, 1.165) is 5.75 Å². The lowest BCUT2D eigenvalue weighted by Gasteiger charge is -2.05. The Morgan fingerprint density at radius 3 is 2.43 bits per heavy atom. The fraction of sp³-hybridized carbons (Fsp3) is 0.231. The number of benzene rings is 1. The fourth-order valence-electron chi connectivity index (χ4n) is 1.31. The summed E-state index contributed by atoms with van der Waals surface area (Å²) in [6.45, 7) is 8.32. The predicted molar refractivity (Wildman–Crippen MR) is 60.7 cm³/mol. The van der Waals surface area contributed by atoms with E-state index in [2.05, 4.69) is 26.5 Å². The maximum absolute atomic E-state index is 5.54. The SMILES string of the molecule is C=C/C=C/COc1cc(C)cc(C)c1. The zero-order valence-electron chi connectivity index (χ0n) is 8.79. The van der Waals surface area contributed by atoms with Gasteiger partial charge in [0.25, 0.3) is 0 Å². The molecule has 0 saturated carbocycles. The van der Waals surface area contributed by atoms with E-state index in [1.807, 2.05) is 24.3 Å². The van der Waals surface area contributed by atoms with Crippen LogP contribution >= 0.6 is 0 Å². The van der Waals surface area contributed by atoms with Crippen molar-refractivity contribution < 1.29 is 4.74 Å². The van der Waals surface area contributed by atoms with Gasteiger partial charge in [-0.25, -0.2) is 0 Å². The number of hydrogen-bond donors (Lipinski definition) is 0. The third kappa shape index (κ3) is 3.48. The van der Waals surface area contributed by atoms with Crippen molar-refractivity contribution in [2.45, 2.75) is 13.8 Å². The molecule has 0 N–H and O–H groups in total. The summed E-state index contributed by atoms with van der Waals surface area (Å²) in [5, 5.41) is 0. The molecule has 0 aliphatic rings. The maximum atomic E-state index is 5.54. The van der Waals surface area contributed by atoms with Crippen molar-refractivity contribution >= 4 is 0 Å². The lowest BCUT2D eigenvalue weighted by Crippen LogP contribution is -1.93. The summed E-state index contributed by atoms with van der Waals surface area (Å²) in [7, 11) is 0. The Hall–Kier alpha value is -1.50. The van der Waals surface area contributed by atoms with Crippen LogP contribution < -0.4 is 4.74 Å². The first-order valence-electron chi connectivity index (χ1n) is 4.71. The van der Waals surface area contributed by atoms with Gasteiger partial charge in [-0.15, -0.1) is 0 Å². The highest BCUT2D eigenvalue weighted by Crippen LogP contribution is 2.15. The zero-order chi connectivity index (χ0) is 10.4. The van der Waals surface area contributed by atoms with E-state index >= 15 is 0 Å². The van der Waals surface area contributed by atoms with Gasteiger partial charge in [-0.05, 0) is 43.2 Å². The maximum Gasteiger partial charge on any atom is 0.120 e. The minimum absolute atomic E-state index is 0.592. The second-order valence-corrected chi connectivity index (χ2v) is 3.30. The van der Waals surface area contributed by atoms with Crippen LogP contribution in [-0.2, 0) is 0 Å². The topological polar surface area (TPSA) is 9.23 Å². The molecular formula is C13H16O. The third-order valence-electron chi connectivity index (χ3n) is 1.81. The lowest BCUT2D eigenvalue weighted by molar-refractivity contribution is 0.362. The van der Waals surface area contributed by atoms with Crippen molar-refractivity contribution in [3.63, 3.8) is 0 Å². The molecule has 1 aromatic rings. The Bertz CT molecular complexity index is 317. The molecule has 14 heavy (non-hydrogen) atoms. The molecule has 0 saturated heterocycles. The first-order chi connectivity index (χ1) is 6.72. The van der Waals surface area contributed by atoms with Crippen LogP contribution in [0.15, 0.2) is 43.0 Å². The predicted octanol–water partition coefficient (Wildman–Crippen LogP) is 3.42. The lowest BCUT2D eigenvalue weighted by atomic mass is 10.1. The van der Waals surface area contributed by atoms with Gasteiger partial charge >= 0.3 is 0 Å². The van der Waals surface area contributed by atoms with E-state index in [0.29, 0.717) is 6.61 Å². The average molecular weight is 188 g/mol. The minimum atomic E-state index is 0.592. The highest BCUT2D eigenvalue weighted by atomic mass is 16.5. The molecule has 0 aliphatic carbocycles. The second-order valence-electron chi connectivity index (χ2n) is 3.30. The van der Waals surface area contributed by atoms with Gasteiger partial charge in [0.15, 0.2) is 0 Å². The van der Waals surface area contributed by atoms with Crippen LogP contribution in [-0.4, -0.2) is 6.61 Å². The van der Waals surface area contributed by atoms with Gasteiger partial charge in [0.05, 0.1) is 0 Å². The van der Waals surface area contributed by atoms with Crippen LogP contribution in [0.4, 0.5) is 0 Å². The van der Waals surface area contributed by atoms with Crippen LogP contribution in [0.2, 0.25) is 0 Å². The Labute approximate surface area is 85.7 Å². The molecule has 0 spiro atoms. The minimum Gasteiger partial charge on any atom is -0.490 e. The number of rotatable bonds is 4. The second kappa shape index (κ2) is 5.28.